The number of hydrogen-bond acceptors (Lipinski definition) is 7. The quantitative estimate of drug-likeness (QED) is 0.160. The molecule has 8 atom stereocenters. The normalized spacial score (nSPS) is 26.9. The van der Waals surface area contributed by atoms with Crippen LogP contribution in [0.4, 0.5) is 0 Å². The number of halogens is 1. The highest BCUT2D eigenvalue weighted by molar-refractivity contribution is 9.09. The summed E-state index contributed by atoms with van der Waals surface area (Å²) in [5, 5.41) is 13.6. The number of esters is 1. The average Bonchev–Trinajstić information content (AvgIpc) is 3.68. The Morgan fingerprint density at radius 2 is 1.75 bits per heavy atom. The number of nitrogens with zero attached hydrogens (tertiary/aromatic N) is 2. The zero-order chi connectivity index (χ0) is 34.6. The van der Waals surface area contributed by atoms with Crippen molar-refractivity contribution in [1.82, 2.24) is 15.1 Å². The van der Waals surface area contributed by atoms with E-state index in [0.29, 0.717) is 24.0 Å². The molecule has 11 heteroatoms. The Morgan fingerprint density at radius 3 is 2.33 bits per heavy atom. The number of allylic oxidation sites excluding steroid dienone is 1. The number of aliphatic hydroxyl groups is 1. The van der Waals surface area contributed by atoms with E-state index in [1.54, 1.807) is 29.2 Å². The van der Waals surface area contributed by atoms with Gasteiger partial charge < -0.3 is 29.7 Å². The van der Waals surface area contributed by atoms with Crippen LogP contribution < -0.4 is 5.32 Å². The van der Waals surface area contributed by atoms with Crippen molar-refractivity contribution in [2.24, 2.45) is 11.8 Å². The van der Waals surface area contributed by atoms with E-state index in [2.05, 4.69) is 34.4 Å². The second-order valence-electron chi connectivity index (χ2n) is 12.9. The SMILES string of the molecule is C=CCCC(=O)NC[C@@H](OC(=O)[C@H]1[C@@H]2O[C@@]3(CC2Br)[C@@H]1C(=O)N([C@H](CO)c1ccccc1)[C@@H]3C(=O)N(CC=C)C(C)C)c1ccccc1. The maximum Gasteiger partial charge on any atom is 0.313 e. The van der Waals surface area contributed by atoms with Crippen LogP contribution in [0.5, 0.6) is 0 Å². The molecule has 1 unspecified atom stereocenters. The van der Waals surface area contributed by atoms with E-state index in [1.165, 1.54) is 4.90 Å². The van der Waals surface area contributed by atoms with E-state index in [-0.39, 0.29) is 42.2 Å². The molecule has 256 valence electrons. The number of carbonyl (C=O) groups excluding carboxylic acids is 4. The van der Waals surface area contributed by atoms with Crippen molar-refractivity contribution < 1.29 is 33.8 Å². The van der Waals surface area contributed by atoms with Crippen LogP contribution in [0.1, 0.15) is 56.4 Å². The third-order valence-electron chi connectivity index (χ3n) is 9.65. The van der Waals surface area contributed by atoms with Gasteiger partial charge in [-0.1, -0.05) is 88.7 Å². The van der Waals surface area contributed by atoms with Gasteiger partial charge in [-0.15, -0.1) is 13.2 Å². The second kappa shape index (κ2) is 15.2. The third-order valence-corrected chi connectivity index (χ3v) is 10.5. The summed E-state index contributed by atoms with van der Waals surface area (Å²) in [4.78, 5) is 58.9. The average molecular weight is 723 g/mol. The lowest BCUT2D eigenvalue weighted by Crippen LogP contribution is -2.58. The van der Waals surface area contributed by atoms with Crippen molar-refractivity contribution >= 4 is 39.6 Å². The maximum absolute atomic E-state index is 14.8. The molecule has 0 radical (unpaired) electrons. The second-order valence-corrected chi connectivity index (χ2v) is 14.0. The minimum absolute atomic E-state index is 0.0319. The number of rotatable bonds is 15. The van der Waals surface area contributed by atoms with E-state index < -0.39 is 60.2 Å². The summed E-state index contributed by atoms with van der Waals surface area (Å²) in [6.45, 7) is 11.1. The van der Waals surface area contributed by atoms with Gasteiger partial charge in [-0.3, -0.25) is 19.2 Å². The van der Waals surface area contributed by atoms with Gasteiger partial charge in [0, 0.05) is 23.8 Å². The molecule has 48 heavy (non-hydrogen) atoms. The molecule has 3 amide bonds. The first kappa shape index (κ1) is 35.5. The predicted octanol–water partition coefficient (Wildman–Crippen LogP) is 4.26. The highest BCUT2D eigenvalue weighted by Gasteiger charge is 2.77. The van der Waals surface area contributed by atoms with Gasteiger partial charge in [-0.25, -0.2) is 0 Å². The van der Waals surface area contributed by atoms with Crippen LogP contribution in [-0.4, -0.2) is 86.9 Å². The molecule has 3 saturated heterocycles. The Morgan fingerprint density at radius 1 is 1.10 bits per heavy atom. The van der Waals surface area contributed by atoms with Crippen LogP contribution in [0.15, 0.2) is 86.0 Å². The van der Waals surface area contributed by atoms with Crippen molar-refractivity contribution in [3.8, 4) is 0 Å². The van der Waals surface area contributed by atoms with E-state index in [4.69, 9.17) is 9.47 Å². The summed E-state index contributed by atoms with van der Waals surface area (Å²) >= 11 is 3.71. The number of amides is 3. The minimum Gasteiger partial charge on any atom is -0.455 e. The van der Waals surface area contributed by atoms with E-state index in [0.717, 1.165) is 0 Å². The van der Waals surface area contributed by atoms with Gasteiger partial charge in [0.15, 0.2) is 0 Å². The zero-order valence-electron chi connectivity index (χ0n) is 27.4. The summed E-state index contributed by atoms with van der Waals surface area (Å²) in [5.41, 5.74) is -0.0189. The van der Waals surface area contributed by atoms with Gasteiger partial charge in [0.25, 0.3) is 0 Å². The van der Waals surface area contributed by atoms with Crippen molar-refractivity contribution in [2.75, 3.05) is 19.7 Å². The standard InChI is InChI=1S/C37H44BrN3O7/c1-5-7-18-29(43)39-21-28(25-16-12-9-13-17-25)47-36(46)30-31-34(44)41(27(22-42)24-14-10-8-11-15-24)33(35(45)40(19-6-2)23(3)4)37(31)20-26(38)32(30)48-37/h5-6,8-17,23,26-28,30-33,42H,1-2,7,18-22H2,3-4H3,(H,39,43)/t26?,27-,28-,30-,31+,32-,33-,37+/m1/s1. The maximum atomic E-state index is 14.8. The molecular weight excluding hydrogens is 678 g/mol. The van der Waals surface area contributed by atoms with Crippen molar-refractivity contribution in [1.29, 1.82) is 0 Å². The zero-order valence-corrected chi connectivity index (χ0v) is 29.0. The molecule has 3 aliphatic rings. The predicted molar refractivity (Wildman–Crippen MR) is 184 cm³/mol. The highest BCUT2D eigenvalue weighted by Crippen LogP contribution is 2.61. The number of alkyl halides is 1. The lowest BCUT2D eigenvalue weighted by atomic mass is 9.70. The van der Waals surface area contributed by atoms with Gasteiger partial charge in [0.1, 0.15) is 17.7 Å². The van der Waals surface area contributed by atoms with Crippen LogP contribution in [-0.2, 0) is 28.7 Å². The minimum atomic E-state index is -1.35. The summed E-state index contributed by atoms with van der Waals surface area (Å²) < 4.78 is 12.8. The fourth-order valence-electron chi connectivity index (χ4n) is 7.47. The van der Waals surface area contributed by atoms with Crippen molar-refractivity contribution in [3.63, 3.8) is 0 Å². The Kier molecular flexibility index (Phi) is 11.2. The summed E-state index contributed by atoms with van der Waals surface area (Å²) in [6.07, 6.45) is 2.79. The van der Waals surface area contributed by atoms with Gasteiger partial charge in [-0.05, 0) is 37.8 Å². The molecule has 3 fully saturated rings. The summed E-state index contributed by atoms with van der Waals surface area (Å²) in [7, 11) is 0. The molecule has 10 nitrogen and oxygen atoms in total. The van der Waals surface area contributed by atoms with Gasteiger partial charge in [0.2, 0.25) is 17.7 Å². The van der Waals surface area contributed by atoms with Crippen molar-refractivity contribution in [3.05, 3.63) is 97.1 Å². The Bertz CT molecular complexity index is 1500. The van der Waals surface area contributed by atoms with E-state index in [9.17, 15) is 24.3 Å². The van der Waals surface area contributed by atoms with Crippen LogP contribution in [0, 0.1) is 11.8 Å². The number of ether oxygens (including phenoxy) is 2. The molecular formula is C37H44BrN3O7. The lowest BCUT2D eigenvalue weighted by molar-refractivity contribution is -0.161. The van der Waals surface area contributed by atoms with Crippen LogP contribution >= 0.6 is 15.9 Å². The van der Waals surface area contributed by atoms with Gasteiger partial charge in [-0.2, -0.15) is 0 Å². The molecule has 5 rings (SSSR count). The smallest absolute Gasteiger partial charge is 0.313 e. The third kappa shape index (κ3) is 6.60. The molecule has 2 aromatic rings. The van der Waals surface area contributed by atoms with Crippen LogP contribution in [0.25, 0.3) is 0 Å². The molecule has 2 aromatic carbocycles. The Labute approximate surface area is 290 Å². The van der Waals surface area contributed by atoms with Gasteiger partial charge >= 0.3 is 5.97 Å². The number of aliphatic hydroxyl groups excluding tert-OH is 1. The number of carbonyl (C=O) groups is 4. The Balaban J connectivity index is 1.53. The molecule has 3 aliphatic heterocycles. The number of fused-ring (bicyclic) bond motifs is 1. The molecule has 0 aliphatic carbocycles. The fourth-order valence-corrected chi connectivity index (χ4v) is 8.42. The molecule has 3 heterocycles. The summed E-state index contributed by atoms with van der Waals surface area (Å²) in [6, 6.07) is 15.9. The topological polar surface area (TPSA) is 125 Å². The number of nitrogens with one attached hydrogen (secondary N) is 1. The monoisotopic (exact) mass is 721 g/mol. The van der Waals surface area contributed by atoms with E-state index >= 15 is 0 Å². The lowest BCUT2D eigenvalue weighted by Gasteiger charge is -2.40. The molecule has 2 N–H and O–H groups in total. The first-order valence-corrected chi connectivity index (χ1v) is 17.3. The van der Waals surface area contributed by atoms with E-state index in [1.807, 2.05) is 62.4 Å². The summed E-state index contributed by atoms with van der Waals surface area (Å²) in [5.74, 6) is -3.72. The molecule has 0 saturated carbocycles. The van der Waals surface area contributed by atoms with Crippen LogP contribution in [0.3, 0.4) is 0 Å². The molecule has 2 bridgehead atoms. The van der Waals surface area contributed by atoms with Crippen molar-refractivity contribution in [2.45, 2.75) is 73.9 Å². The Hall–Kier alpha value is -3.80. The molecule has 1 spiro atoms. The number of hydrogen-bond donors (Lipinski definition) is 2. The number of likely N-dealkylation sites (tertiary alicyclic amines) is 1. The molecule has 0 aromatic heterocycles. The van der Waals surface area contributed by atoms with Crippen LogP contribution in [0.2, 0.25) is 0 Å². The number of benzene rings is 2. The fraction of sp³-hybridized carbons (Fsp3) is 0.459. The first-order valence-electron chi connectivity index (χ1n) is 16.4. The van der Waals surface area contributed by atoms with Gasteiger partial charge in [0.05, 0.1) is 37.1 Å². The first-order chi connectivity index (χ1) is 23.1. The largest absolute Gasteiger partial charge is 0.455 e. The highest BCUT2D eigenvalue weighted by atomic mass is 79.9.